The van der Waals surface area contributed by atoms with Crippen LogP contribution in [0.15, 0.2) is 50.6 Å². The fourth-order valence-corrected chi connectivity index (χ4v) is 5.61. The molecule has 3 N–H and O–H groups in total. The van der Waals surface area contributed by atoms with Crippen molar-refractivity contribution in [3.05, 3.63) is 61.8 Å². The third kappa shape index (κ3) is 7.11. The highest BCUT2D eigenvalue weighted by Crippen LogP contribution is 2.48. The largest absolute Gasteiger partial charge is 0.462 e. The van der Waals surface area contributed by atoms with Crippen LogP contribution in [0, 0.1) is 0 Å². The number of benzene rings is 1. The number of carbonyl (C=O) groups is 1. The van der Waals surface area contributed by atoms with Gasteiger partial charge >= 0.3 is 19.4 Å². The zero-order valence-electron chi connectivity index (χ0n) is 20.4. The average molecular weight is 625 g/mol. The first-order valence-corrected chi connectivity index (χ1v) is 14.0. The van der Waals surface area contributed by atoms with Crippen LogP contribution in [0.4, 0.5) is 0 Å². The molecule has 0 radical (unpaired) electrons. The Morgan fingerprint density at radius 3 is 2.59 bits per heavy atom. The smallest absolute Gasteiger partial charge is 0.459 e. The summed E-state index contributed by atoms with van der Waals surface area (Å²) < 4.78 is 36.8. The predicted octanol–water partition coefficient (Wildman–Crippen LogP) is 2.69. The monoisotopic (exact) mass is 623 g/mol. The number of para-hydroxylation sites is 1. The van der Waals surface area contributed by atoms with Gasteiger partial charge in [-0.2, -0.15) is 5.09 Å². The number of H-pyrrole nitrogens is 1. The predicted molar refractivity (Wildman–Crippen MR) is 138 cm³/mol. The molecule has 12 nitrogen and oxygen atoms in total. The van der Waals surface area contributed by atoms with E-state index in [4.69, 9.17) is 30.1 Å². The highest BCUT2D eigenvalue weighted by Gasteiger charge is 2.54. The van der Waals surface area contributed by atoms with Crippen molar-refractivity contribution in [2.75, 3.05) is 6.61 Å². The number of esters is 1. The highest BCUT2D eigenvalue weighted by atomic mass is 79.9. The quantitative estimate of drug-likeness (QED) is 0.204. The molecule has 2 aromatic rings. The minimum atomic E-state index is -4.24. The lowest BCUT2D eigenvalue weighted by Crippen LogP contribution is -2.43. The number of aliphatic hydroxyl groups excluding tert-OH is 1. The second-order valence-electron chi connectivity index (χ2n) is 8.80. The summed E-state index contributed by atoms with van der Waals surface area (Å²) in [4.78, 5) is 37.0. The maximum Gasteiger partial charge on any atom is 0.459 e. The van der Waals surface area contributed by atoms with E-state index in [0.717, 1.165) is 4.57 Å². The van der Waals surface area contributed by atoms with E-state index in [0.29, 0.717) is 0 Å². The lowest BCUT2D eigenvalue weighted by atomic mass is 10.0. The summed E-state index contributed by atoms with van der Waals surface area (Å²) >= 11 is 9.60. The van der Waals surface area contributed by atoms with Crippen molar-refractivity contribution in [3.63, 3.8) is 0 Å². The molecular formula is C22H28BrClN3O9P. The normalized spacial score (nSPS) is 26.0. The van der Waals surface area contributed by atoms with E-state index < -0.39 is 67.0 Å². The van der Waals surface area contributed by atoms with Gasteiger partial charge in [-0.05, 0) is 55.8 Å². The van der Waals surface area contributed by atoms with E-state index in [1.807, 2.05) is 0 Å². The minimum Gasteiger partial charge on any atom is -0.462 e. The molecule has 1 fully saturated rings. The molecule has 0 amide bonds. The molecule has 37 heavy (non-hydrogen) atoms. The number of ether oxygens (including phenoxy) is 2. The molecule has 1 aliphatic rings. The SMILES string of the molecule is CC(C)OC(=O)[C@@H](C)NP(=O)(OC[C@H]1O[C@@H](n2cc(Br)c(=O)[nH]c2=O)[C@](C)(Cl)[C@@H]1O)Oc1ccccc1. The summed E-state index contributed by atoms with van der Waals surface area (Å²) in [6.45, 7) is 5.72. The second kappa shape index (κ2) is 11.8. The van der Waals surface area contributed by atoms with Crippen LogP contribution in [0.1, 0.15) is 33.9 Å². The van der Waals surface area contributed by atoms with E-state index in [1.165, 1.54) is 20.0 Å². The van der Waals surface area contributed by atoms with Gasteiger partial charge in [-0.25, -0.2) is 9.36 Å². The van der Waals surface area contributed by atoms with Crippen LogP contribution in [0.2, 0.25) is 0 Å². The first-order valence-electron chi connectivity index (χ1n) is 11.2. The molecule has 3 rings (SSSR count). The minimum absolute atomic E-state index is 0.0459. The van der Waals surface area contributed by atoms with Gasteiger partial charge in [-0.1, -0.05) is 18.2 Å². The summed E-state index contributed by atoms with van der Waals surface area (Å²) in [6, 6.07) is 7.06. The van der Waals surface area contributed by atoms with Crippen molar-refractivity contribution < 1.29 is 33.0 Å². The Kier molecular flexibility index (Phi) is 9.44. The zero-order chi connectivity index (χ0) is 27.5. The molecule has 1 aliphatic heterocycles. The summed E-state index contributed by atoms with van der Waals surface area (Å²) in [5.41, 5.74) is -1.46. The average Bonchev–Trinajstić information content (AvgIpc) is 3.03. The molecule has 1 aromatic carbocycles. The fraction of sp³-hybridized carbons (Fsp3) is 0.500. The Hall–Kier alpha value is -1.99. The third-order valence-electron chi connectivity index (χ3n) is 5.33. The number of hydrogen-bond donors (Lipinski definition) is 3. The Morgan fingerprint density at radius 1 is 1.32 bits per heavy atom. The molecule has 204 valence electrons. The van der Waals surface area contributed by atoms with Crippen LogP contribution in [0.3, 0.4) is 0 Å². The highest BCUT2D eigenvalue weighted by molar-refractivity contribution is 9.10. The lowest BCUT2D eigenvalue weighted by molar-refractivity contribution is -0.149. The Morgan fingerprint density at radius 2 is 1.97 bits per heavy atom. The number of alkyl halides is 1. The number of aromatic nitrogens is 2. The molecule has 0 saturated carbocycles. The van der Waals surface area contributed by atoms with E-state index in [1.54, 1.807) is 44.2 Å². The molecule has 6 atom stereocenters. The molecule has 0 spiro atoms. The third-order valence-corrected chi connectivity index (χ3v) is 7.95. The van der Waals surface area contributed by atoms with Crippen LogP contribution in [0.5, 0.6) is 5.75 Å². The van der Waals surface area contributed by atoms with E-state index in [2.05, 4.69) is 26.0 Å². The van der Waals surface area contributed by atoms with Gasteiger partial charge in [-0.3, -0.25) is 23.7 Å². The van der Waals surface area contributed by atoms with Crippen molar-refractivity contribution in [1.29, 1.82) is 0 Å². The number of hydrogen-bond acceptors (Lipinski definition) is 9. The van der Waals surface area contributed by atoms with Gasteiger partial charge in [0, 0.05) is 6.20 Å². The molecule has 0 bridgehead atoms. The molecule has 1 saturated heterocycles. The number of nitrogens with one attached hydrogen (secondary N) is 2. The number of aromatic amines is 1. The lowest BCUT2D eigenvalue weighted by Gasteiger charge is -2.26. The van der Waals surface area contributed by atoms with Gasteiger partial charge in [0.25, 0.3) is 5.56 Å². The summed E-state index contributed by atoms with van der Waals surface area (Å²) in [6.07, 6.45) is -3.00. The van der Waals surface area contributed by atoms with Crippen LogP contribution in [-0.4, -0.2) is 56.5 Å². The number of carbonyl (C=O) groups excluding carboxylic acids is 1. The zero-order valence-corrected chi connectivity index (χ0v) is 23.7. The number of rotatable bonds is 10. The van der Waals surface area contributed by atoms with E-state index in [9.17, 15) is 24.1 Å². The van der Waals surface area contributed by atoms with Gasteiger partial charge in [-0.15, -0.1) is 11.6 Å². The maximum atomic E-state index is 13.7. The Labute approximate surface area is 225 Å². The molecule has 15 heteroatoms. The molecule has 1 aromatic heterocycles. The first kappa shape index (κ1) is 29.6. The van der Waals surface area contributed by atoms with Gasteiger partial charge < -0.3 is 19.1 Å². The van der Waals surface area contributed by atoms with E-state index >= 15 is 0 Å². The summed E-state index contributed by atoms with van der Waals surface area (Å²) in [5.74, 6) is -0.482. The van der Waals surface area contributed by atoms with Crippen LogP contribution < -0.4 is 20.9 Å². The van der Waals surface area contributed by atoms with Crippen molar-refractivity contribution in [2.45, 2.75) is 63.2 Å². The van der Waals surface area contributed by atoms with Crippen molar-refractivity contribution in [1.82, 2.24) is 14.6 Å². The maximum absolute atomic E-state index is 13.7. The Balaban J connectivity index is 1.82. The molecule has 2 heterocycles. The molecule has 0 aliphatic carbocycles. The fourth-order valence-electron chi connectivity index (χ4n) is 3.49. The van der Waals surface area contributed by atoms with Crippen LogP contribution >= 0.6 is 35.3 Å². The molecule has 1 unspecified atom stereocenters. The number of aliphatic hydroxyl groups is 1. The first-order chi connectivity index (χ1) is 17.2. The van der Waals surface area contributed by atoms with Gasteiger partial charge in [0.05, 0.1) is 17.2 Å². The van der Waals surface area contributed by atoms with Crippen LogP contribution in [-0.2, 0) is 23.4 Å². The van der Waals surface area contributed by atoms with Gasteiger partial charge in [0.2, 0.25) is 0 Å². The van der Waals surface area contributed by atoms with Gasteiger partial charge in [0.15, 0.2) is 6.23 Å². The van der Waals surface area contributed by atoms with E-state index in [-0.39, 0.29) is 10.2 Å². The standard InChI is InChI=1S/C22H28BrClN3O9P/c1-12(2)34-19(30)13(3)26-37(32,36-14-8-6-5-7-9-14)33-11-16-17(28)22(4,24)20(35-16)27-10-15(23)18(29)25-21(27)31/h5-10,12-13,16-17,20,28H,11H2,1-4H3,(H,26,32)(H,25,29,31)/t13-,16-,17-,20-,22-,37?/m1/s1. The topological polar surface area (TPSA) is 158 Å². The van der Waals surface area contributed by atoms with Gasteiger partial charge in [0.1, 0.15) is 28.9 Å². The van der Waals surface area contributed by atoms with Crippen molar-refractivity contribution in [3.8, 4) is 5.75 Å². The Bertz CT molecular complexity index is 1270. The second-order valence-corrected chi connectivity index (χ2v) is 12.2. The van der Waals surface area contributed by atoms with Crippen molar-refractivity contribution in [2.24, 2.45) is 0 Å². The number of nitrogens with zero attached hydrogens (tertiary/aromatic N) is 1. The summed E-state index contributed by atoms with van der Waals surface area (Å²) in [5, 5.41) is 13.4. The molecular weight excluding hydrogens is 597 g/mol. The van der Waals surface area contributed by atoms with Crippen LogP contribution in [0.25, 0.3) is 0 Å². The number of halogens is 2. The summed E-state index contributed by atoms with van der Waals surface area (Å²) in [7, 11) is -4.24. The van der Waals surface area contributed by atoms with Crippen molar-refractivity contribution >= 4 is 41.2 Å².